The highest BCUT2D eigenvalue weighted by Crippen LogP contribution is 2.02. The number of rotatable bonds is 7. The van der Waals surface area contributed by atoms with E-state index in [-0.39, 0.29) is 0 Å². The van der Waals surface area contributed by atoms with E-state index in [0.29, 0.717) is 0 Å². The highest BCUT2D eigenvalue weighted by molar-refractivity contribution is 6.45. The molecule has 0 unspecified atom stereocenters. The fourth-order valence-corrected chi connectivity index (χ4v) is 1.91. The first-order valence-corrected chi connectivity index (χ1v) is 7.63. The molecule has 2 heteroatoms. The van der Waals surface area contributed by atoms with Crippen LogP contribution in [0.1, 0.15) is 11.1 Å². The van der Waals surface area contributed by atoms with Gasteiger partial charge in [-0.15, -0.1) is 0 Å². The van der Waals surface area contributed by atoms with Crippen LogP contribution in [0.2, 0.25) is 0 Å². The molecule has 0 aliphatic carbocycles. The highest BCUT2D eigenvalue weighted by atomic mass is 16.2. The second-order valence-corrected chi connectivity index (χ2v) is 4.99. The Morgan fingerprint density at radius 2 is 0.917 bits per heavy atom. The number of carbonyl (C=O) groups is 2. The van der Waals surface area contributed by atoms with Gasteiger partial charge in [0.25, 0.3) is 0 Å². The van der Waals surface area contributed by atoms with Gasteiger partial charge in [0.05, 0.1) is 0 Å². The van der Waals surface area contributed by atoms with Crippen LogP contribution in [0.5, 0.6) is 0 Å². The van der Waals surface area contributed by atoms with Gasteiger partial charge in [-0.05, 0) is 23.3 Å². The van der Waals surface area contributed by atoms with Crippen LogP contribution in [0.15, 0.2) is 97.1 Å². The lowest BCUT2D eigenvalue weighted by atomic mass is 10.2. The summed E-state index contributed by atoms with van der Waals surface area (Å²) in [6.45, 7) is 0. The summed E-state index contributed by atoms with van der Waals surface area (Å²) >= 11 is 0. The molecule has 0 aliphatic heterocycles. The van der Waals surface area contributed by atoms with Gasteiger partial charge >= 0.3 is 0 Å². The predicted molar refractivity (Wildman–Crippen MR) is 99.2 cm³/mol. The van der Waals surface area contributed by atoms with Crippen molar-refractivity contribution in [2.45, 2.75) is 0 Å². The van der Waals surface area contributed by atoms with Crippen molar-refractivity contribution in [2.75, 3.05) is 0 Å². The quantitative estimate of drug-likeness (QED) is 0.423. The second-order valence-electron chi connectivity index (χ2n) is 4.99. The first-order chi connectivity index (χ1) is 11.8. The molecule has 0 saturated carbocycles. The maximum Gasteiger partial charge on any atom is 0.225 e. The zero-order chi connectivity index (χ0) is 17.0. The van der Waals surface area contributed by atoms with Gasteiger partial charge in [-0.1, -0.05) is 97.1 Å². The maximum absolute atomic E-state index is 11.7. The van der Waals surface area contributed by atoms with Crippen LogP contribution in [-0.2, 0) is 9.59 Å². The first-order valence-electron chi connectivity index (χ1n) is 7.63. The zero-order valence-corrected chi connectivity index (χ0v) is 13.2. The molecule has 2 aromatic carbocycles. The lowest BCUT2D eigenvalue weighted by Crippen LogP contribution is -2.06. The van der Waals surface area contributed by atoms with Crippen LogP contribution in [0, 0.1) is 0 Å². The fraction of sp³-hybridized carbons (Fsp3) is 0. The Balaban J connectivity index is 1.82. The predicted octanol–water partition coefficient (Wildman–Crippen LogP) is 4.66. The van der Waals surface area contributed by atoms with E-state index in [1.807, 2.05) is 72.8 Å². The number of ketones is 2. The minimum Gasteiger partial charge on any atom is -0.286 e. The fourth-order valence-electron chi connectivity index (χ4n) is 1.91. The summed E-state index contributed by atoms with van der Waals surface area (Å²) < 4.78 is 0. The summed E-state index contributed by atoms with van der Waals surface area (Å²) in [6, 6.07) is 19.5. The Labute approximate surface area is 142 Å². The molecule has 0 bridgehead atoms. The Morgan fingerprint density at radius 3 is 1.29 bits per heavy atom. The standard InChI is InChI=1S/C22H18O2/c23-21(17-9-7-15-19-11-3-1-4-12-19)22(24)18-10-8-16-20-13-5-2-6-14-20/h1-18H/b15-7+,16-8+,17-9+,18-10+. The molecular weight excluding hydrogens is 296 g/mol. The summed E-state index contributed by atoms with van der Waals surface area (Å²) in [4.78, 5) is 23.3. The van der Waals surface area contributed by atoms with Crippen molar-refractivity contribution in [3.63, 3.8) is 0 Å². The van der Waals surface area contributed by atoms with E-state index in [0.717, 1.165) is 11.1 Å². The molecule has 0 radical (unpaired) electrons. The molecular formula is C22H18O2. The topological polar surface area (TPSA) is 34.1 Å². The van der Waals surface area contributed by atoms with Crippen molar-refractivity contribution in [3.05, 3.63) is 108 Å². The van der Waals surface area contributed by atoms with Gasteiger partial charge in [0.2, 0.25) is 11.6 Å². The lowest BCUT2D eigenvalue weighted by molar-refractivity contribution is -0.130. The van der Waals surface area contributed by atoms with Gasteiger partial charge in [0, 0.05) is 0 Å². The van der Waals surface area contributed by atoms with Gasteiger partial charge < -0.3 is 0 Å². The Kier molecular flexibility index (Phi) is 6.91. The van der Waals surface area contributed by atoms with E-state index in [1.54, 1.807) is 24.3 Å². The normalized spacial score (nSPS) is 11.8. The van der Waals surface area contributed by atoms with E-state index in [9.17, 15) is 9.59 Å². The number of hydrogen-bond acceptors (Lipinski definition) is 2. The molecule has 0 spiro atoms. The van der Waals surface area contributed by atoms with Crippen molar-refractivity contribution < 1.29 is 9.59 Å². The molecule has 0 atom stereocenters. The van der Waals surface area contributed by atoms with Crippen LogP contribution >= 0.6 is 0 Å². The van der Waals surface area contributed by atoms with Crippen molar-refractivity contribution >= 4 is 23.7 Å². The number of benzene rings is 2. The third kappa shape index (κ3) is 6.24. The molecule has 118 valence electrons. The molecule has 0 aliphatic rings. The SMILES string of the molecule is O=C(/C=C/C=C/c1ccccc1)C(=O)/C=C/C=C/c1ccccc1. The average molecular weight is 314 g/mol. The molecule has 0 amide bonds. The second kappa shape index (κ2) is 9.70. The van der Waals surface area contributed by atoms with Gasteiger partial charge in [-0.25, -0.2) is 0 Å². The molecule has 0 saturated heterocycles. The molecule has 24 heavy (non-hydrogen) atoms. The summed E-state index contributed by atoms with van der Waals surface area (Å²) in [6.07, 6.45) is 12.9. The van der Waals surface area contributed by atoms with E-state index >= 15 is 0 Å². The largest absolute Gasteiger partial charge is 0.286 e. The van der Waals surface area contributed by atoms with E-state index in [2.05, 4.69) is 0 Å². The maximum atomic E-state index is 11.7. The number of hydrogen-bond donors (Lipinski definition) is 0. The minimum absolute atomic E-state index is 0.544. The average Bonchev–Trinajstić information content (AvgIpc) is 2.63. The Bertz CT molecular complexity index is 710. The molecule has 0 N–H and O–H groups in total. The molecule has 2 aromatic rings. The molecule has 2 nitrogen and oxygen atoms in total. The van der Waals surface area contributed by atoms with Crippen molar-refractivity contribution in [1.29, 1.82) is 0 Å². The smallest absolute Gasteiger partial charge is 0.225 e. The van der Waals surface area contributed by atoms with Gasteiger partial charge in [0.15, 0.2) is 0 Å². The van der Waals surface area contributed by atoms with Crippen molar-refractivity contribution in [3.8, 4) is 0 Å². The summed E-state index contributed by atoms with van der Waals surface area (Å²) in [7, 11) is 0. The zero-order valence-electron chi connectivity index (χ0n) is 13.2. The Hall–Kier alpha value is -3.26. The minimum atomic E-state index is -0.544. The van der Waals surface area contributed by atoms with Crippen molar-refractivity contribution in [2.24, 2.45) is 0 Å². The van der Waals surface area contributed by atoms with E-state index < -0.39 is 11.6 Å². The summed E-state index contributed by atoms with van der Waals surface area (Å²) in [5.74, 6) is -1.09. The third-order valence-electron chi connectivity index (χ3n) is 3.14. The van der Waals surface area contributed by atoms with Gasteiger partial charge in [0.1, 0.15) is 0 Å². The monoisotopic (exact) mass is 314 g/mol. The van der Waals surface area contributed by atoms with Crippen LogP contribution in [0.3, 0.4) is 0 Å². The number of allylic oxidation sites excluding steroid dienone is 6. The Morgan fingerprint density at radius 1 is 0.542 bits per heavy atom. The lowest BCUT2D eigenvalue weighted by Gasteiger charge is -1.89. The molecule has 0 aromatic heterocycles. The van der Waals surface area contributed by atoms with Gasteiger partial charge in [-0.3, -0.25) is 9.59 Å². The summed E-state index contributed by atoms with van der Waals surface area (Å²) in [5, 5.41) is 0. The van der Waals surface area contributed by atoms with Crippen LogP contribution in [-0.4, -0.2) is 11.6 Å². The van der Waals surface area contributed by atoms with E-state index in [1.165, 1.54) is 12.2 Å². The van der Waals surface area contributed by atoms with Crippen LogP contribution < -0.4 is 0 Å². The van der Waals surface area contributed by atoms with Crippen LogP contribution in [0.4, 0.5) is 0 Å². The molecule has 0 heterocycles. The highest BCUT2D eigenvalue weighted by Gasteiger charge is 2.03. The van der Waals surface area contributed by atoms with Gasteiger partial charge in [-0.2, -0.15) is 0 Å². The number of carbonyl (C=O) groups excluding carboxylic acids is 2. The van der Waals surface area contributed by atoms with Crippen LogP contribution in [0.25, 0.3) is 12.2 Å². The van der Waals surface area contributed by atoms with E-state index in [4.69, 9.17) is 0 Å². The first kappa shape index (κ1) is 17.1. The molecule has 0 fully saturated rings. The van der Waals surface area contributed by atoms with Crippen molar-refractivity contribution in [1.82, 2.24) is 0 Å². The third-order valence-corrected chi connectivity index (χ3v) is 3.14. The summed E-state index contributed by atoms with van der Waals surface area (Å²) in [5.41, 5.74) is 2.07. The molecule has 2 rings (SSSR count).